The second-order valence-corrected chi connectivity index (χ2v) is 7.78. The van der Waals surface area contributed by atoms with Crippen LogP contribution in [0.1, 0.15) is 58.7 Å². The van der Waals surface area contributed by atoms with Crippen LogP contribution in [-0.2, 0) is 6.42 Å². The van der Waals surface area contributed by atoms with Crippen LogP contribution in [0.4, 0.5) is 0 Å². The van der Waals surface area contributed by atoms with E-state index in [1.165, 1.54) is 32.1 Å². The number of furan rings is 1. The predicted molar refractivity (Wildman–Crippen MR) is 128 cm³/mol. The number of nitrogens with one attached hydrogen (secondary N) is 3. The molecular formula is C21H35IN6O. The molecule has 2 aromatic rings. The third-order valence-electron chi connectivity index (χ3n) is 5.78. The molecule has 2 heterocycles. The quantitative estimate of drug-likeness (QED) is 0.276. The molecule has 7 nitrogen and oxygen atoms in total. The molecule has 3 rings (SSSR count). The van der Waals surface area contributed by atoms with Crippen molar-refractivity contribution < 1.29 is 4.42 Å². The van der Waals surface area contributed by atoms with Gasteiger partial charge >= 0.3 is 0 Å². The molecule has 0 radical (unpaired) electrons. The summed E-state index contributed by atoms with van der Waals surface area (Å²) in [5.41, 5.74) is 0. The molecule has 8 heteroatoms. The molecule has 162 valence electrons. The van der Waals surface area contributed by atoms with E-state index in [2.05, 4.69) is 46.6 Å². The summed E-state index contributed by atoms with van der Waals surface area (Å²) in [4.78, 5) is 9.21. The summed E-state index contributed by atoms with van der Waals surface area (Å²) in [6.07, 6.45) is 9.23. The Hall–Kier alpha value is -1.58. The highest BCUT2D eigenvalue weighted by Crippen LogP contribution is 2.31. The maximum atomic E-state index is 5.33. The van der Waals surface area contributed by atoms with Gasteiger partial charge < -0.3 is 15.1 Å². The lowest BCUT2D eigenvalue weighted by Crippen LogP contribution is -2.46. The summed E-state index contributed by atoms with van der Waals surface area (Å²) >= 11 is 0. The monoisotopic (exact) mass is 514 g/mol. The number of rotatable bonds is 8. The molecule has 1 aliphatic carbocycles. The fourth-order valence-corrected chi connectivity index (χ4v) is 3.93. The minimum atomic E-state index is 0. The van der Waals surface area contributed by atoms with Gasteiger partial charge in [-0.05, 0) is 37.8 Å². The molecule has 0 spiro atoms. The molecule has 0 saturated heterocycles. The van der Waals surface area contributed by atoms with Crippen molar-refractivity contribution in [3.63, 3.8) is 0 Å². The summed E-state index contributed by atoms with van der Waals surface area (Å²) in [6, 6.07) is 4.09. The summed E-state index contributed by atoms with van der Waals surface area (Å²) in [6.45, 7) is 8.24. The lowest BCUT2D eigenvalue weighted by atomic mass is 9.78. The van der Waals surface area contributed by atoms with Gasteiger partial charge in [-0.2, -0.15) is 5.10 Å². The number of nitrogens with zero attached hydrogens (tertiary/aromatic N) is 3. The van der Waals surface area contributed by atoms with Gasteiger partial charge in [0.2, 0.25) is 5.82 Å². The van der Waals surface area contributed by atoms with Crippen molar-refractivity contribution in [2.75, 3.05) is 13.1 Å². The highest BCUT2D eigenvalue weighted by atomic mass is 127. The van der Waals surface area contributed by atoms with E-state index >= 15 is 0 Å². The van der Waals surface area contributed by atoms with Gasteiger partial charge in [-0.3, -0.25) is 10.1 Å². The van der Waals surface area contributed by atoms with Crippen molar-refractivity contribution in [1.29, 1.82) is 0 Å². The number of hydrogen-bond acceptors (Lipinski definition) is 4. The third kappa shape index (κ3) is 7.01. The highest BCUT2D eigenvalue weighted by molar-refractivity contribution is 14.0. The van der Waals surface area contributed by atoms with E-state index < -0.39 is 0 Å². The van der Waals surface area contributed by atoms with Crippen molar-refractivity contribution in [3.8, 4) is 11.6 Å². The Morgan fingerprint density at radius 1 is 1.31 bits per heavy atom. The van der Waals surface area contributed by atoms with Gasteiger partial charge in [-0.25, -0.2) is 4.98 Å². The average molecular weight is 514 g/mol. The summed E-state index contributed by atoms with van der Waals surface area (Å²) in [5.74, 6) is 4.43. The summed E-state index contributed by atoms with van der Waals surface area (Å²) < 4.78 is 5.33. The Labute approximate surface area is 191 Å². The number of halogens is 1. The summed E-state index contributed by atoms with van der Waals surface area (Å²) in [7, 11) is 0. The molecule has 1 fully saturated rings. The molecular weight excluding hydrogens is 479 g/mol. The molecule has 29 heavy (non-hydrogen) atoms. The van der Waals surface area contributed by atoms with Crippen LogP contribution >= 0.6 is 24.0 Å². The first kappa shape index (κ1) is 23.7. The first-order valence-corrected chi connectivity index (χ1v) is 10.7. The van der Waals surface area contributed by atoms with Crippen molar-refractivity contribution >= 4 is 29.9 Å². The van der Waals surface area contributed by atoms with E-state index in [4.69, 9.17) is 9.41 Å². The van der Waals surface area contributed by atoms with Crippen LogP contribution in [0.25, 0.3) is 11.6 Å². The maximum Gasteiger partial charge on any atom is 0.216 e. The van der Waals surface area contributed by atoms with E-state index in [9.17, 15) is 0 Å². The van der Waals surface area contributed by atoms with Crippen molar-refractivity contribution in [1.82, 2.24) is 25.8 Å². The number of aliphatic imine (C=N–C) groups is 1. The average Bonchev–Trinajstić information content (AvgIpc) is 3.40. The van der Waals surface area contributed by atoms with Gasteiger partial charge in [-0.15, -0.1) is 24.0 Å². The van der Waals surface area contributed by atoms with Gasteiger partial charge in [-0.1, -0.05) is 39.0 Å². The van der Waals surface area contributed by atoms with Crippen molar-refractivity contribution in [2.24, 2.45) is 16.8 Å². The molecule has 1 aliphatic rings. The normalized spacial score (nSPS) is 17.4. The zero-order chi connectivity index (χ0) is 19.8. The summed E-state index contributed by atoms with van der Waals surface area (Å²) in [5, 5.41) is 14.1. The van der Waals surface area contributed by atoms with E-state index in [1.807, 2.05) is 12.1 Å². The van der Waals surface area contributed by atoms with Crippen LogP contribution in [0.3, 0.4) is 0 Å². The second kappa shape index (κ2) is 12.2. The van der Waals surface area contributed by atoms with Crippen LogP contribution in [0.2, 0.25) is 0 Å². The van der Waals surface area contributed by atoms with Crippen LogP contribution < -0.4 is 10.6 Å². The van der Waals surface area contributed by atoms with Gasteiger partial charge in [0.05, 0.1) is 6.26 Å². The third-order valence-corrected chi connectivity index (χ3v) is 5.78. The van der Waals surface area contributed by atoms with Gasteiger partial charge in [0.25, 0.3) is 0 Å². The Bertz CT molecular complexity index is 723. The van der Waals surface area contributed by atoms with Crippen LogP contribution in [0.15, 0.2) is 27.8 Å². The lowest BCUT2D eigenvalue weighted by molar-refractivity contribution is 0.229. The number of guanidine groups is 1. The van der Waals surface area contributed by atoms with Gasteiger partial charge in [0, 0.05) is 25.6 Å². The van der Waals surface area contributed by atoms with E-state index in [1.54, 1.807) is 6.26 Å². The Morgan fingerprint density at radius 2 is 2.10 bits per heavy atom. The van der Waals surface area contributed by atoms with Crippen molar-refractivity contribution in [2.45, 2.75) is 65.3 Å². The Kier molecular flexibility index (Phi) is 9.96. The second-order valence-electron chi connectivity index (χ2n) is 7.78. The maximum absolute atomic E-state index is 5.33. The smallest absolute Gasteiger partial charge is 0.216 e. The standard InChI is InChI=1S/C21H34N6O.HI/c1-4-22-21(24-16(3)15(2)17-9-6-5-7-10-17)23-13-12-19-25-20(27-26-19)18-11-8-14-28-18;/h8,11,14-17H,4-7,9-10,12-13H2,1-3H3,(H2,22,23,24)(H,25,26,27);1H. The Balaban J connectivity index is 0.00000300. The van der Waals surface area contributed by atoms with E-state index in [-0.39, 0.29) is 24.0 Å². The van der Waals surface area contributed by atoms with Gasteiger partial charge in [0.1, 0.15) is 5.82 Å². The molecule has 3 N–H and O–H groups in total. The van der Waals surface area contributed by atoms with E-state index in [0.29, 0.717) is 36.5 Å². The topological polar surface area (TPSA) is 91.1 Å². The molecule has 2 aromatic heterocycles. The minimum absolute atomic E-state index is 0. The molecule has 0 aromatic carbocycles. The number of aromatic amines is 1. The fourth-order valence-electron chi connectivity index (χ4n) is 3.93. The first-order valence-electron chi connectivity index (χ1n) is 10.7. The molecule has 0 amide bonds. The largest absolute Gasteiger partial charge is 0.461 e. The lowest BCUT2D eigenvalue weighted by Gasteiger charge is -2.32. The first-order chi connectivity index (χ1) is 13.7. The zero-order valence-corrected chi connectivity index (χ0v) is 20.1. The molecule has 2 atom stereocenters. The van der Waals surface area contributed by atoms with E-state index in [0.717, 1.165) is 24.2 Å². The molecule has 0 aliphatic heterocycles. The van der Waals surface area contributed by atoms with Crippen LogP contribution in [-0.4, -0.2) is 40.3 Å². The van der Waals surface area contributed by atoms with Gasteiger partial charge in [0.15, 0.2) is 11.7 Å². The Morgan fingerprint density at radius 3 is 2.79 bits per heavy atom. The number of aromatic nitrogens is 3. The minimum Gasteiger partial charge on any atom is -0.461 e. The van der Waals surface area contributed by atoms with Crippen LogP contribution in [0, 0.1) is 11.8 Å². The molecule has 2 unspecified atom stereocenters. The number of hydrogen-bond donors (Lipinski definition) is 3. The fraction of sp³-hybridized carbons (Fsp3) is 0.667. The van der Waals surface area contributed by atoms with Crippen molar-refractivity contribution in [3.05, 3.63) is 24.2 Å². The number of H-pyrrole nitrogens is 1. The predicted octanol–water partition coefficient (Wildman–Crippen LogP) is 4.39. The molecule has 0 bridgehead atoms. The molecule has 1 saturated carbocycles. The van der Waals surface area contributed by atoms with Crippen LogP contribution in [0.5, 0.6) is 0 Å². The zero-order valence-electron chi connectivity index (χ0n) is 17.8. The SMILES string of the molecule is CCNC(=NCCc1nc(-c2ccco2)n[nH]1)NC(C)C(C)C1CCCCC1.I. The highest BCUT2D eigenvalue weighted by Gasteiger charge is 2.25.